The molecule has 2 heterocycles. The largest absolute Gasteiger partial charge is 0.297 e. The van der Waals surface area contributed by atoms with Gasteiger partial charge in [-0.1, -0.05) is 12.1 Å². The van der Waals surface area contributed by atoms with E-state index in [9.17, 15) is 9.00 Å². The van der Waals surface area contributed by atoms with Gasteiger partial charge in [-0.15, -0.1) is 11.3 Å². The summed E-state index contributed by atoms with van der Waals surface area (Å²) in [7, 11) is -1.12. The molecule has 0 saturated carbocycles. The van der Waals surface area contributed by atoms with E-state index in [2.05, 4.69) is 4.98 Å². The van der Waals surface area contributed by atoms with Crippen LogP contribution in [0.2, 0.25) is 0 Å². The lowest BCUT2D eigenvalue weighted by Crippen LogP contribution is -2.22. The lowest BCUT2D eigenvalue weighted by molar-refractivity contribution is 0.667. The van der Waals surface area contributed by atoms with Crippen molar-refractivity contribution in [3.05, 3.63) is 57.5 Å². The Bertz CT molecular complexity index is 912. The Morgan fingerprint density at radius 2 is 2.09 bits per heavy atom. The summed E-state index contributed by atoms with van der Waals surface area (Å²) >= 11 is 1.39. The fraction of sp³-hybridized carbons (Fsp3) is 0.250. The van der Waals surface area contributed by atoms with Crippen molar-refractivity contribution in [1.82, 2.24) is 9.55 Å². The number of aromatic nitrogens is 2. The number of thiophene rings is 1. The van der Waals surface area contributed by atoms with Crippen LogP contribution in [0.5, 0.6) is 0 Å². The van der Waals surface area contributed by atoms with Gasteiger partial charge in [-0.05, 0) is 42.5 Å². The van der Waals surface area contributed by atoms with Gasteiger partial charge in [0.25, 0.3) is 5.56 Å². The molecule has 0 aliphatic rings. The lowest BCUT2D eigenvalue weighted by Gasteiger charge is -2.08. The van der Waals surface area contributed by atoms with E-state index in [-0.39, 0.29) is 5.56 Å². The fourth-order valence-corrected chi connectivity index (χ4v) is 4.40. The number of benzene rings is 1. The van der Waals surface area contributed by atoms with Crippen molar-refractivity contribution < 1.29 is 4.21 Å². The number of hydrogen-bond acceptors (Lipinski definition) is 4. The van der Waals surface area contributed by atoms with Crippen LogP contribution in [0.3, 0.4) is 0 Å². The quantitative estimate of drug-likeness (QED) is 0.738. The third kappa shape index (κ3) is 2.89. The van der Waals surface area contributed by atoms with E-state index in [0.717, 1.165) is 21.5 Å². The number of aryl methyl sites for hydroxylation is 3. The number of hydrogen-bond donors (Lipinski definition) is 0. The second-order valence-corrected chi connectivity index (χ2v) is 7.65. The zero-order chi connectivity index (χ0) is 15.7. The molecule has 6 heteroatoms. The van der Waals surface area contributed by atoms with Crippen LogP contribution in [0.25, 0.3) is 10.2 Å². The van der Waals surface area contributed by atoms with Gasteiger partial charge in [0.15, 0.2) is 0 Å². The normalized spacial score (nSPS) is 12.6. The van der Waals surface area contributed by atoms with Crippen LogP contribution in [0.1, 0.15) is 11.1 Å². The smallest absolute Gasteiger partial charge is 0.271 e. The summed E-state index contributed by atoms with van der Waals surface area (Å²) in [6.07, 6.45) is 1.54. The molecule has 0 N–H and O–H groups in total. The van der Waals surface area contributed by atoms with Gasteiger partial charge in [-0.2, -0.15) is 0 Å². The second kappa shape index (κ2) is 6.14. The standard InChI is InChI=1S/C16H16N2O2S2/c1-11-3-4-12(2)14(9-11)22(20)8-6-18-10-17-13-5-7-21-15(13)16(18)19/h3-5,7,9-10H,6,8H2,1-2H3/t22-/m1/s1. The average molecular weight is 332 g/mol. The van der Waals surface area contributed by atoms with Gasteiger partial charge in [0.2, 0.25) is 0 Å². The SMILES string of the molecule is Cc1ccc(C)c([S@](=O)CCn2cnc3ccsc3c2=O)c1. The molecule has 22 heavy (non-hydrogen) atoms. The first-order chi connectivity index (χ1) is 10.6. The Morgan fingerprint density at radius 3 is 2.91 bits per heavy atom. The molecule has 0 fully saturated rings. The summed E-state index contributed by atoms with van der Waals surface area (Å²) in [6, 6.07) is 7.78. The maximum atomic E-state index is 12.5. The Labute approximate surface area is 134 Å². The maximum Gasteiger partial charge on any atom is 0.271 e. The van der Waals surface area contributed by atoms with E-state index < -0.39 is 10.8 Å². The minimum atomic E-state index is -1.12. The van der Waals surface area contributed by atoms with Gasteiger partial charge in [-0.25, -0.2) is 4.98 Å². The first kappa shape index (κ1) is 15.1. The molecule has 114 valence electrons. The third-order valence-electron chi connectivity index (χ3n) is 3.54. The molecule has 0 bridgehead atoms. The Hall–Kier alpha value is -1.79. The topological polar surface area (TPSA) is 52.0 Å². The summed E-state index contributed by atoms with van der Waals surface area (Å²) in [5, 5.41) is 1.86. The van der Waals surface area contributed by atoms with Gasteiger partial charge in [0, 0.05) is 17.2 Å². The van der Waals surface area contributed by atoms with Crippen LogP contribution in [-0.2, 0) is 17.3 Å². The lowest BCUT2D eigenvalue weighted by atomic mass is 10.2. The Balaban J connectivity index is 1.81. The molecule has 0 spiro atoms. The summed E-state index contributed by atoms with van der Waals surface area (Å²) in [5.74, 6) is 0.406. The van der Waals surface area contributed by atoms with E-state index in [1.54, 1.807) is 4.57 Å². The highest BCUT2D eigenvalue weighted by molar-refractivity contribution is 7.85. The van der Waals surface area contributed by atoms with E-state index in [0.29, 0.717) is 17.0 Å². The third-order valence-corrected chi connectivity index (χ3v) is 5.92. The Kier molecular flexibility index (Phi) is 4.22. The molecular weight excluding hydrogens is 316 g/mol. The van der Waals surface area contributed by atoms with Crippen molar-refractivity contribution in [3.63, 3.8) is 0 Å². The highest BCUT2D eigenvalue weighted by Crippen LogP contribution is 2.16. The van der Waals surface area contributed by atoms with E-state index >= 15 is 0 Å². The van der Waals surface area contributed by atoms with Gasteiger partial charge >= 0.3 is 0 Å². The van der Waals surface area contributed by atoms with Crippen molar-refractivity contribution in [2.75, 3.05) is 5.75 Å². The monoisotopic (exact) mass is 332 g/mol. The zero-order valence-corrected chi connectivity index (χ0v) is 14.0. The predicted octanol–water partition coefficient (Wildman–Crippen LogP) is 2.88. The molecule has 2 aromatic heterocycles. The molecular formula is C16H16N2O2S2. The predicted molar refractivity (Wildman–Crippen MR) is 91.1 cm³/mol. The van der Waals surface area contributed by atoms with Gasteiger partial charge in [-0.3, -0.25) is 13.6 Å². The van der Waals surface area contributed by atoms with Crippen LogP contribution in [0, 0.1) is 13.8 Å². The van der Waals surface area contributed by atoms with Crippen molar-refractivity contribution in [2.24, 2.45) is 0 Å². The second-order valence-electron chi connectivity index (χ2n) is 5.20. The van der Waals surface area contributed by atoms with Crippen LogP contribution < -0.4 is 5.56 Å². The first-order valence-electron chi connectivity index (χ1n) is 6.94. The maximum absolute atomic E-state index is 12.5. The molecule has 0 unspecified atom stereocenters. The highest BCUT2D eigenvalue weighted by Gasteiger charge is 2.10. The van der Waals surface area contributed by atoms with Crippen molar-refractivity contribution in [3.8, 4) is 0 Å². The average Bonchev–Trinajstić information content (AvgIpc) is 2.98. The fourth-order valence-electron chi connectivity index (χ4n) is 2.28. The van der Waals surface area contributed by atoms with Crippen LogP contribution in [-0.4, -0.2) is 19.5 Å². The Morgan fingerprint density at radius 1 is 1.27 bits per heavy atom. The minimum Gasteiger partial charge on any atom is -0.297 e. The summed E-state index contributed by atoms with van der Waals surface area (Å²) < 4.78 is 14.7. The van der Waals surface area contributed by atoms with Crippen LogP contribution >= 0.6 is 11.3 Å². The molecule has 4 nitrogen and oxygen atoms in total. The summed E-state index contributed by atoms with van der Waals surface area (Å²) in [6.45, 7) is 4.34. The van der Waals surface area contributed by atoms with Crippen molar-refractivity contribution >= 4 is 32.4 Å². The van der Waals surface area contributed by atoms with Gasteiger partial charge in [0.1, 0.15) is 4.70 Å². The first-order valence-corrected chi connectivity index (χ1v) is 9.14. The van der Waals surface area contributed by atoms with E-state index in [1.165, 1.54) is 17.7 Å². The summed E-state index contributed by atoms with van der Waals surface area (Å²) in [5.41, 5.74) is 2.77. The number of rotatable bonds is 4. The van der Waals surface area contributed by atoms with Crippen molar-refractivity contribution in [1.29, 1.82) is 0 Å². The van der Waals surface area contributed by atoms with Crippen LogP contribution in [0.4, 0.5) is 0 Å². The molecule has 0 amide bonds. The van der Waals surface area contributed by atoms with Crippen molar-refractivity contribution in [2.45, 2.75) is 25.3 Å². The zero-order valence-electron chi connectivity index (χ0n) is 12.4. The van der Waals surface area contributed by atoms with E-state index in [1.807, 2.05) is 43.5 Å². The molecule has 0 saturated heterocycles. The van der Waals surface area contributed by atoms with Gasteiger partial charge in [0.05, 0.1) is 22.6 Å². The molecule has 0 aliphatic carbocycles. The van der Waals surface area contributed by atoms with Gasteiger partial charge < -0.3 is 0 Å². The molecule has 0 aliphatic heterocycles. The number of fused-ring (bicyclic) bond motifs is 1. The van der Waals surface area contributed by atoms with E-state index in [4.69, 9.17) is 0 Å². The molecule has 1 aromatic carbocycles. The molecule has 1 atom stereocenters. The molecule has 3 aromatic rings. The van der Waals surface area contributed by atoms with Crippen LogP contribution in [0.15, 0.2) is 45.7 Å². The number of nitrogens with zero attached hydrogens (tertiary/aromatic N) is 2. The molecule has 0 radical (unpaired) electrons. The molecule has 3 rings (SSSR count). The minimum absolute atomic E-state index is 0.0574. The summed E-state index contributed by atoms with van der Waals surface area (Å²) in [4.78, 5) is 17.4. The highest BCUT2D eigenvalue weighted by atomic mass is 32.2.